The summed E-state index contributed by atoms with van der Waals surface area (Å²) in [6.45, 7) is 6.56. The normalized spacial score (nSPS) is 11.7. The lowest BCUT2D eigenvalue weighted by atomic mass is 9.82. The van der Waals surface area contributed by atoms with Crippen LogP contribution in [0.25, 0.3) is 0 Å². The van der Waals surface area contributed by atoms with Gasteiger partial charge in [0.15, 0.2) is 0 Å². The van der Waals surface area contributed by atoms with Gasteiger partial charge in [-0.2, -0.15) is 0 Å². The van der Waals surface area contributed by atoms with Crippen molar-refractivity contribution in [2.24, 2.45) is 0 Å². The van der Waals surface area contributed by atoms with E-state index in [-0.39, 0.29) is 5.41 Å². The molecule has 0 aliphatic heterocycles. The molecular formula is C23H25OP. The van der Waals surface area contributed by atoms with E-state index in [0.717, 1.165) is 17.3 Å². The average Bonchev–Trinajstić information content (AvgIpc) is 2.65. The van der Waals surface area contributed by atoms with Gasteiger partial charge in [-0.3, -0.25) is 0 Å². The van der Waals surface area contributed by atoms with Crippen LogP contribution in [0, 0.1) is 0 Å². The first-order valence-corrected chi connectivity index (χ1v) is 10.1. The number of phenolic OH excluding ortho intramolecular Hbond substituents is 1. The lowest BCUT2D eigenvalue weighted by Gasteiger charge is -2.28. The molecule has 1 nitrogen and oxygen atoms in total. The summed E-state index contributed by atoms with van der Waals surface area (Å²) in [7, 11) is -0.785. The molecule has 0 unspecified atom stereocenters. The molecule has 1 N–H and O–H groups in total. The maximum Gasteiger partial charge on any atom is 0.127 e. The fourth-order valence-electron chi connectivity index (χ4n) is 3.03. The first-order chi connectivity index (χ1) is 12.0. The van der Waals surface area contributed by atoms with Gasteiger partial charge in [0.25, 0.3) is 0 Å². The van der Waals surface area contributed by atoms with Gasteiger partial charge in [0.2, 0.25) is 0 Å². The van der Waals surface area contributed by atoms with Crippen LogP contribution >= 0.6 is 7.92 Å². The van der Waals surface area contributed by atoms with Gasteiger partial charge < -0.3 is 5.11 Å². The number of phenols is 1. The summed E-state index contributed by atoms with van der Waals surface area (Å²) >= 11 is 0. The lowest BCUT2D eigenvalue weighted by Crippen LogP contribution is -2.24. The standard InChI is InChI=1S/C23H25OP/c1-4-23(2,3)20-16-11-17-21(22(20)24)25(18-12-7-5-8-13-18)19-14-9-6-10-15-19/h5-17,24H,4H2,1-3H3. The fraction of sp³-hybridized carbons (Fsp3) is 0.217. The SMILES string of the molecule is CCC(C)(C)c1cccc(P(c2ccccc2)c2ccccc2)c1O. The van der Waals surface area contributed by atoms with E-state index in [4.69, 9.17) is 0 Å². The topological polar surface area (TPSA) is 20.2 Å². The Bertz CT molecular complexity index is 786. The summed E-state index contributed by atoms with van der Waals surface area (Å²) in [5.74, 6) is 0.452. The Morgan fingerprint density at radius 3 is 1.76 bits per heavy atom. The van der Waals surface area contributed by atoms with Crippen molar-refractivity contribution in [3.05, 3.63) is 84.4 Å². The fourth-order valence-corrected chi connectivity index (χ4v) is 5.39. The molecule has 0 spiro atoms. The molecule has 3 aromatic carbocycles. The van der Waals surface area contributed by atoms with Crippen molar-refractivity contribution in [1.29, 1.82) is 0 Å². The molecule has 0 fully saturated rings. The van der Waals surface area contributed by atoms with E-state index in [1.165, 1.54) is 10.6 Å². The van der Waals surface area contributed by atoms with Gasteiger partial charge in [-0.25, -0.2) is 0 Å². The summed E-state index contributed by atoms with van der Waals surface area (Å²) in [4.78, 5) is 0. The number of aromatic hydroxyl groups is 1. The first kappa shape index (κ1) is 17.7. The zero-order valence-electron chi connectivity index (χ0n) is 15.1. The number of hydrogen-bond acceptors (Lipinski definition) is 1. The molecule has 0 atom stereocenters. The molecule has 0 heterocycles. The van der Waals surface area contributed by atoms with Gasteiger partial charge in [-0.15, -0.1) is 0 Å². The van der Waals surface area contributed by atoms with Gasteiger partial charge in [0, 0.05) is 10.9 Å². The van der Waals surface area contributed by atoms with Crippen molar-refractivity contribution in [3.63, 3.8) is 0 Å². The third-order valence-electron chi connectivity index (χ3n) is 4.90. The van der Waals surface area contributed by atoms with Crippen molar-refractivity contribution in [1.82, 2.24) is 0 Å². The Balaban J connectivity index is 2.20. The molecule has 0 bridgehead atoms. The second-order valence-electron chi connectivity index (χ2n) is 6.92. The van der Waals surface area contributed by atoms with Gasteiger partial charge in [-0.05, 0) is 30.4 Å². The van der Waals surface area contributed by atoms with E-state index >= 15 is 0 Å². The monoisotopic (exact) mass is 348 g/mol. The van der Waals surface area contributed by atoms with E-state index in [1.807, 2.05) is 12.1 Å². The molecule has 2 heteroatoms. The van der Waals surface area contributed by atoms with Crippen molar-refractivity contribution in [3.8, 4) is 5.75 Å². The van der Waals surface area contributed by atoms with Crippen molar-refractivity contribution in [2.45, 2.75) is 32.6 Å². The van der Waals surface area contributed by atoms with Crippen molar-refractivity contribution >= 4 is 23.8 Å². The summed E-state index contributed by atoms with van der Waals surface area (Å²) in [6, 6.07) is 27.3. The Morgan fingerprint density at radius 1 is 0.760 bits per heavy atom. The molecular weight excluding hydrogens is 323 g/mol. The summed E-state index contributed by atoms with van der Waals surface area (Å²) < 4.78 is 0. The van der Waals surface area contributed by atoms with Crippen LogP contribution in [0.4, 0.5) is 0 Å². The Morgan fingerprint density at radius 2 is 1.28 bits per heavy atom. The molecule has 0 aliphatic rings. The lowest BCUT2D eigenvalue weighted by molar-refractivity contribution is 0.432. The number of rotatable bonds is 5. The summed E-state index contributed by atoms with van der Waals surface area (Å²) in [5.41, 5.74) is 0.987. The molecule has 128 valence electrons. The predicted molar refractivity (Wildman–Crippen MR) is 110 cm³/mol. The second kappa shape index (κ2) is 7.42. The van der Waals surface area contributed by atoms with Gasteiger partial charge >= 0.3 is 0 Å². The Labute approximate surface area is 152 Å². The highest BCUT2D eigenvalue weighted by atomic mass is 31.1. The zero-order chi connectivity index (χ0) is 17.9. The third kappa shape index (κ3) is 3.62. The van der Waals surface area contributed by atoms with Crippen LogP contribution in [0.2, 0.25) is 0 Å². The molecule has 3 aromatic rings. The van der Waals surface area contributed by atoms with Crippen LogP contribution in [0.3, 0.4) is 0 Å². The van der Waals surface area contributed by atoms with Crippen molar-refractivity contribution < 1.29 is 5.11 Å². The van der Waals surface area contributed by atoms with E-state index in [9.17, 15) is 5.11 Å². The van der Waals surface area contributed by atoms with E-state index < -0.39 is 7.92 Å². The molecule has 0 saturated heterocycles. The third-order valence-corrected chi connectivity index (χ3v) is 7.37. The number of benzene rings is 3. The minimum absolute atomic E-state index is 0.0472. The highest BCUT2D eigenvalue weighted by Crippen LogP contribution is 2.40. The van der Waals surface area contributed by atoms with Crippen LogP contribution < -0.4 is 15.9 Å². The van der Waals surface area contributed by atoms with E-state index in [1.54, 1.807) is 0 Å². The summed E-state index contributed by atoms with van der Waals surface area (Å²) in [5, 5.41) is 14.7. The molecule has 0 aromatic heterocycles. The van der Waals surface area contributed by atoms with Crippen LogP contribution in [0.15, 0.2) is 78.9 Å². The molecule has 3 rings (SSSR count). The quantitative estimate of drug-likeness (QED) is 0.654. The maximum atomic E-state index is 11.2. The minimum Gasteiger partial charge on any atom is -0.507 e. The molecule has 0 amide bonds. The van der Waals surface area contributed by atoms with Crippen LogP contribution in [-0.4, -0.2) is 5.11 Å². The molecule has 0 aliphatic carbocycles. The number of hydrogen-bond donors (Lipinski definition) is 1. The largest absolute Gasteiger partial charge is 0.507 e. The first-order valence-electron chi connectivity index (χ1n) is 8.77. The number of para-hydroxylation sites is 1. The average molecular weight is 348 g/mol. The predicted octanol–water partition coefficient (Wildman–Crippen LogP) is 4.84. The smallest absolute Gasteiger partial charge is 0.127 e. The van der Waals surface area contributed by atoms with Crippen molar-refractivity contribution in [2.75, 3.05) is 0 Å². The van der Waals surface area contributed by atoms with E-state index in [0.29, 0.717) is 5.75 Å². The van der Waals surface area contributed by atoms with E-state index in [2.05, 4.69) is 87.5 Å². The zero-order valence-corrected chi connectivity index (χ0v) is 16.0. The van der Waals surface area contributed by atoms with Crippen LogP contribution in [0.5, 0.6) is 5.75 Å². The molecule has 0 radical (unpaired) electrons. The molecule has 0 saturated carbocycles. The molecule has 25 heavy (non-hydrogen) atoms. The Hall–Kier alpha value is -2.11. The van der Waals surface area contributed by atoms with Crippen LogP contribution in [-0.2, 0) is 5.41 Å². The summed E-state index contributed by atoms with van der Waals surface area (Å²) in [6.07, 6.45) is 0.985. The second-order valence-corrected chi connectivity index (χ2v) is 9.10. The van der Waals surface area contributed by atoms with Gasteiger partial charge in [-0.1, -0.05) is 99.6 Å². The Kier molecular flexibility index (Phi) is 5.25. The highest BCUT2D eigenvalue weighted by Gasteiger charge is 2.26. The minimum atomic E-state index is -0.785. The van der Waals surface area contributed by atoms with Gasteiger partial charge in [0.1, 0.15) is 5.75 Å². The maximum absolute atomic E-state index is 11.2. The highest BCUT2D eigenvalue weighted by molar-refractivity contribution is 7.80. The van der Waals surface area contributed by atoms with Crippen LogP contribution in [0.1, 0.15) is 32.8 Å². The van der Waals surface area contributed by atoms with Gasteiger partial charge in [0.05, 0.1) is 0 Å².